The molecule has 1 saturated heterocycles. The minimum absolute atomic E-state index is 0.00671. The lowest BCUT2D eigenvalue weighted by molar-refractivity contribution is -0.122. The summed E-state index contributed by atoms with van der Waals surface area (Å²) in [6.45, 7) is 3.91. The maximum Gasteiger partial charge on any atom is 0.220 e. The van der Waals surface area contributed by atoms with Gasteiger partial charge in [0.2, 0.25) is 5.91 Å². The summed E-state index contributed by atoms with van der Waals surface area (Å²) < 4.78 is 0. The first kappa shape index (κ1) is 15.0. The predicted molar refractivity (Wildman–Crippen MR) is 79.6 cm³/mol. The number of aryl methyl sites for hydroxylation is 2. The highest BCUT2D eigenvalue weighted by Crippen LogP contribution is 2.15. The number of carbonyl (C=O) groups excluding carboxylic acids is 1. The van der Waals surface area contributed by atoms with Gasteiger partial charge in [-0.1, -0.05) is 24.3 Å². The maximum absolute atomic E-state index is 11.9. The van der Waals surface area contributed by atoms with Crippen LogP contribution in [0.3, 0.4) is 0 Å². The van der Waals surface area contributed by atoms with Crippen LogP contribution in [0.25, 0.3) is 0 Å². The second-order valence-corrected chi connectivity index (χ2v) is 5.71. The summed E-state index contributed by atoms with van der Waals surface area (Å²) in [5, 5.41) is 16.3. The molecule has 0 aromatic heterocycles. The van der Waals surface area contributed by atoms with E-state index in [0.29, 0.717) is 19.5 Å². The molecule has 1 atom stereocenters. The van der Waals surface area contributed by atoms with Crippen molar-refractivity contribution in [2.24, 2.45) is 0 Å². The Morgan fingerprint density at radius 1 is 1.45 bits per heavy atom. The van der Waals surface area contributed by atoms with Crippen molar-refractivity contribution in [3.05, 3.63) is 35.4 Å². The van der Waals surface area contributed by atoms with Crippen molar-refractivity contribution in [1.82, 2.24) is 10.6 Å². The molecule has 0 spiro atoms. The van der Waals surface area contributed by atoms with Gasteiger partial charge in [0.15, 0.2) is 0 Å². The molecule has 1 aromatic carbocycles. The Morgan fingerprint density at radius 2 is 2.25 bits per heavy atom. The Balaban J connectivity index is 1.74. The zero-order valence-electron chi connectivity index (χ0n) is 12.1. The van der Waals surface area contributed by atoms with Crippen LogP contribution in [0.1, 0.15) is 30.4 Å². The zero-order valence-corrected chi connectivity index (χ0v) is 12.1. The molecule has 3 N–H and O–H groups in total. The molecule has 0 radical (unpaired) electrons. The Labute approximate surface area is 120 Å². The largest absolute Gasteiger partial charge is 0.387 e. The highest BCUT2D eigenvalue weighted by molar-refractivity contribution is 5.76. The van der Waals surface area contributed by atoms with E-state index in [9.17, 15) is 9.90 Å². The smallest absolute Gasteiger partial charge is 0.220 e. The Hall–Kier alpha value is -1.39. The number of β-amino-alcohol motifs (C(OH)–C–C–N with tert-alkyl or cyclic N) is 1. The van der Waals surface area contributed by atoms with Gasteiger partial charge in [0, 0.05) is 19.5 Å². The molecule has 1 aliphatic heterocycles. The van der Waals surface area contributed by atoms with Crippen LogP contribution in [-0.2, 0) is 11.2 Å². The molecule has 1 aliphatic rings. The quantitative estimate of drug-likeness (QED) is 0.756. The minimum Gasteiger partial charge on any atom is -0.387 e. The molecule has 0 saturated carbocycles. The van der Waals surface area contributed by atoms with E-state index in [0.717, 1.165) is 25.8 Å². The molecular formula is C16H24N2O2. The van der Waals surface area contributed by atoms with E-state index in [1.54, 1.807) is 0 Å². The number of hydrogen-bond acceptors (Lipinski definition) is 3. The maximum atomic E-state index is 11.9. The molecule has 1 heterocycles. The first-order valence-corrected chi connectivity index (χ1v) is 7.33. The Morgan fingerprint density at radius 3 is 2.95 bits per heavy atom. The van der Waals surface area contributed by atoms with E-state index in [4.69, 9.17) is 0 Å². The summed E-state index contributed by atoms with van der Waals surface area (Å²) >= 11 is 0. The van der Waals surface area contributed by atoms with Crippen LogP contribution in [0.15, 0.2) is 24.3 Å². The van der Waals surface area contributed by atoms with Crippen molar-refractivity contribution < 1.29 is 9.90 Å². The number of carbonyl (C=O) groups is 1. The molecule has 4 nitrogen and oxygen atoms in total. The van der Waals surface area contributed by atoms with Gasteiger partial charge in [-0.25, -0.2) is 0 Å². The van der Waals surface area contributed by atoms with Crippen molar-refractivity contribution in [2.45, 2.75) is 38.2 Å². The van der Waals surface area contributed by atoms with E-state index in [-0.39, 0.29) is 5.91 Å². The monoisotopic (exact) mass is 276 g/mol. The van der Waals surface area contributed by atoms with E-state index in [2.05, 4.69) is 29.7 Å². The summed E-state index contributed by atoms with van der Waals surface area (Å²) in [6.07, 6.45) is 2.91. The fourth-order valence-corrected chi connectivity index (χ4v) is 2.59. The van der Waals surface area contributed by atoms with E-state index < -0.39 is 5.60 Å². The summed E-state index contributed by atoms with van der Waals surface area (Å²) in [5.41, 5.74) is 1.65. The van der Waals surface area contributed by atoms with Gasteiger partial charge < -0.3 is 15.7 Å². The van der Waals surface area contributed by atoms with Crippen LogP contribution in [-0.4, -0.2) is 36.2 Å². The van der Waals surface area contributed by atoms with Crippen molar-refractivity contribution in [1.29, 1.82) is 0 Å². The average Bonchev–Trinajstić information content (AvgIpc) is 2.45. The molecule has 2 rings (SSSR count). The minimum atomic E-state index is -0.781. The molecule has 1 aromatic rings. The Bertz CT molecular complexity index is 454. The second-order valence-electron chi connectivity index (χ2n) is 5.71. The van der Waals surface area contributed by atoms with Gasteiger partial charge in [0.1, 0.15) is 0 Å². The lowest BCUT2D eigenvalue weighted by Gasteiger charge is -2.32. The third-order valence-electron chi connectivity index (χ3n) is 3.95. The molecule has 110 valence electrons. The zero-order chi connectivity index (χ0) is 14.4. The predicted octanol–water partition coefficient (Wildman–Crippen LogP) is 1.16. The fourth-order valence-electron chi connectivity index (χ4n) is 2.59. The van der Waals surface area contributed by atoms with Crippen LogP contribution in [0.2, 0.25) is 0 Å². The van der Waals surface area contributed by atoms with E-state index >= 15 is 0 Å². The normalized spacial score (nSPS) is 22.5. The van der Waals surface area contributed by atoms with Crippen molar-refractivity contribution in [2.75, 3.05) is 19.6 Å². The van der Waals surface area contributed by atoms with Gasteiger partial charge in [0.25, 0.3) is 0 Å². The number of nitrogens with one attached hydrogen (secondary N) is 2. The third-order valence-corrected chi connectivity index (χ3v) is 3.95. The topological polar surface area (TPSA) is 61.4 Å². The highest BCUT2D eigenvalue weighted by Gasteiger charge is 2.29. The average molecular weight is 276 g/mol. The van der Waals surface area contributed by atoms with Crippen LogP contribution in [0, 0.1) is 6.92 Å². The number of rotatable bonds is 5. The molecule has 20 heavy (non-hydrogen) atoms. The van der Waals surface area contributed by atoms with Crippen molar-refractivity contribution in [3.63, 3.8) is 0 Å². The number of benzene rings is 1. The van der Waals surface area contributed by atoms with Gasteiger partial charge in [-0.3, -0.25) is 4.79 Å². The third kappa shape index (κ3) is 4.32. The molecule has 1 fully saturated rings. The van der Waals surface area contributed by atoms with Gasteiger partial charge in [0.05, 0.1) is 5.60 Å². The first-order valence-electron chi connectivity index (χ1n) is 7.33. The number of piperidine rings is 1. The fraction of sp³-hybridized carbons (Fsp3) is 0.562. The summed E-state index contributed by atoms with van der Waals surface area (Å²) in [4.78, 5) is 11.9. The molecule has 4 heteroatoms. The lowest BCUT2D eigenvalue weighted by Crippen LogP contribution is -2.52. The van der Waals surface area contributed by atoms with Gasteiger partial charge >= 0.3 is 0 Å². The number of hydrogen-bond donors (Lipinski definition) is 3. The standard InChI is InChI=1S/C16H24N2O2/c1-13-5-2-3-6-14(13)7-8-15(19)18-12-16(20)9-4-10-17-11-16/h2-3,5-6,17,20H,4,7-12H2,1H3,(H,18,19)/t16-/m0/s1. The molecule has 0 unspecified atom stereocenters. The van der Waals surface area contributed by atoms with Crippen LogP contribution >= 0.6 is 0 Å². The van der Waals surface area contributed by atoms with Crippen LogP contribution in [0.4, 0.5) is 0 Å². The van der Waals surface area contributed by atoms with Crippen LogP contribution < -0.4 is 10.6 Å². The SMILES string of the molecule is Cc1ccccc1CCC(=O)NC[C@]1(O)CCCNC1. The molecule has 1 amide bonds. The summed E-state index contributed by atoms with van der Waals surface area (Å²) in [6, 6.07) is 8.12. The van der Waals surface area contributed by atoms with Gasteiger partial charge in [-0.05, 0) is 43.9 Å². The molecule has 0 aliphatic carbocycles. The number of aliphatic hydroxyl groups is 1. The van der Waals surface area contributed by atoms with Crippen molar-refractivity contribution in [3.8, 4) is 0 Å². The summed E-state index contributed by atoms with van der Waals surface area (Å²) in [5.74, 6) is 0.00671. The second kappa shape index (κ2) is 6.86. The van der Waals surface area contributed by atoms with E-state index in [1.807, 2.05) is 12.1 Å². The van der Waals surface area contributed by atoms with Crippen molar-refractivity contribution >= 4 is 5.91 Å². The lowest BCUT2D eigenvalue weighted by atomic mass is 9.94. The number of amides is 1. The molecular weight excluding hydrogens is 252 g/mol. The van der Waals surface area contributed by atoms with Gasteiger partial charge in [-0.15, -0.1) is 0 Å². The summed E-state index contributed by atoms with van der Waals surface area (Å²) in [7, 11) is 0. The molecule has 0 bridgehead atoms. The van der Waals surface area contributed by atoms with Gasteiger partial charge in [-0.2, -0.15) is 0 Å². The van der Waals surface area contributed by atoms with E-state index in [1.165, 1.54) is 11.1 Å². The Kier molecular flexibility index (Phi) is 5.15. The first-order chi connectivity index (χ1) is 9.59. The van der Waals surface area contributed by atoms with Crippen LogP contribution in [0.5, 0.6) is 0 Å². The highest BCUT2D eigenvalue weighted by atomic mass is 16.3.